The predicted molar refractivity (Wildman–Crippen MR) is 82.0 cm³/mol. The van der Waals surface area contributed by atoms with Crippen molar-refractivity contribution in [2.75, 3.05) is 13.6 Å². The standard InChI is InChI=1S/C13H19N3O3S2/c1-9-13(6-12(19-9)7-14-3)21(17,18)15-5-4-11-8-20-10(2)16-11/h6,8,14-15H,4-5,7H2,1-3H3. The van der Waals surface area contributed by atoms with Gasteiger partial charge in [0, 0.05) is 24.4 Å². The maximum absolute atomic E-state index is 12.3. The van der Waals surface area contributed by atoms with E-state index in [2.05, 4.69) is 15.0 Å². The average Bonchev–Trinajstić information content (AvgIpc) is 2.96. The third-order valence-electron chi connectivity index (χ3n) is 2.90. The van der Waals surface area contributed by atoms with Crippen molar-refractivity contribution in [3.63, 3.8) is 0 Å². The summed E-state index contributed by atoms with van der Waals surface area (Å²) in [5.41, 5.74) is 0.903. The molecular weight excluding hydrogens is 310 g/mol. The third kappa shape index (κ3) is 4.13. The van der Waals surface area contributed by atoms with E-state index in [9.17, 15) is 8.42 Å². The second kappa shape index (κ2) is 6.69. The van der Waals surface area contributed by atoms with Gasteiger partial charge in [-0.25, -0.2) is 18.1 Å². The molecule has 0 bridgehead atoms. The number of sulfonamides is 1. The van der Waals surface area contributed by atoms with Crippen LogP contribution in [0.4, 0.5) is 0 Å². The number of thiazole rings is 1. The van der Waals surface area contributed by atoms with Gasteiger partial charge in [0.25, 0.3) is 0 Å². The van der Waals surface area contributed by atoms with Gasteiger partial charge in [-0.15, -0.1) is 11.3 Å². The highest BCUT2D eigenvalue weighted by Crippen LogP contribution is 2.19. The van der Waals surface area contributed by atoms with E-state index < -0.39 is 10.0 Å². The fourth-order valence-corrected chi connectivity index (χ4v) is 3.85. The van der Waals surface area contributed by atoms with Crippen LogP contribution in [0.25, 0.3) is 0 Å². The van der Waals surface area contributed by atoms with E-state index in [0.717, 1.165) is 10.7 Å². The molecule has 0 spiro atoms. The Labute approximate surface area is 128 Å². The van der Waals surface area contributed by atoms with Gasteiger partial charge in [0.05, 0.1) is 17.2 Å². The molecule has 0 unspecified atom stereocenters. The van der Waals surface area contributed by atoms with Gasteiger partial charge < -0.3 is 9.73 Å². The summed E-state index contributed by atoms with van der Waals surface area (Å²) in [5.74, 6) is 1.00. The number of nitrogens with zero attached hydrogens (tertiary/aromatic N) is 1. The number of aryl methyl sites for hydroxylation is 2. The Kier molecular flexibility index (Phi) is 5.15. The first-order valence-electron chi connectivity index (χ1n) is 6.57. The summed E-state index contributed by atoms with van der Waals surface area (Å²) in [6.07, 6.45) is 0.573. The summed E-state index contributed by atoms with van der Waals surface area (Å²) in [5, 5.41) is 5.85. The van der Waals surface area contributed by atoms with Crippen LogP contribution in [-0.4, -0.2) is 27.0 Å². The second-order valence-corrected chi connectivity index (χ2v) is 7.47. The van der Waals surface area contributed by atoms with Gasteiger partial charge in [-0.1, -0.05) is 0 Å². The Morgan fingerprint density at radius 2 is 2.14 bits per heavy atom. The van der Waals surface area contributed by atoms with Crippen LogP contribution >= 0.6 is 11.3 Å². The van der Waals surface area contributed by atoms with E-state index in [0.29, 0.717) is 31.0 Å². The van der Waals surface area contributed by atoms with E-state index >= 15 is 0 Å². The summed E-state index contributed by atoms with van der Waals surface area (Å²) < 4.78 is 32.5. The Hall–Kier alpha value is -1.22. The molecule has 0 atom stereocenters. The third-order valence-corrected chi connectivity index (χ3v) is 5.29. The highest BCUT2D eigenvalue weighted by molar-refractivity contribution is 7.89. The van der Waals surface area contributed by atoms with Crippen LogP contribution in [0.3, 0.4) is 0 Å². The van der Waals surface area contributed by atoms with Gasteiger partial charge in [0.2, 0.25) is 10.0 Å². The molecule has 0 aliphatic heterocycles. The SMILES string of the molecule is CNCc1cc(S(=O)(=O)NCCc2csc(C)n2)c(C)o1. The lowest BCUT2D eigenvalue weighted by Crippen LogP contribution is -2.26. The zero-order chi connectivity index (χ0) is 15.5. The maximum Gasteiger partial charge on any atom is 0.244 e. The minimum absolute atomic E-state index is 0.196. The number of hydrogen-bond donors (Lipinski definition) is 2. The molecule has 2 heterocycles. The summed E-state index contributed by atoms with van der Waals surface area (Å²) in [7, 11) is -1.77. The summed E-state index contributed by atoms with van der Waals surface area (Å²) in [4.78, 5) is 4.50. The summed E-state index contributed by atoms with van der Waals surface area (Å²) in [6.45, 7) is 4.39. The first-order chi connectivity index (χ1) is 9.92. The van der Waals surface area contributed by atoms with Crippen molar-refractivity contribution in [2.24, 2.45) is 0 Å². The summed E-state index contributed by atoms with van der Waals surface area (Å²) in [6, 6.07) is 1.56. The monoisotopic (exact) mass is 329 g/mol. The van der Waals surface area contributed by atoms with Crippen LogP contribution in [0.5, 0.6) is 0 Å². The van der Waals surface area contributed by atoms with E-state index in [1.54, 1.807) is 31.4 Å². The molecule has 0 fully saturated rings. The Bertz CT molecular complexity index is 704. The average molecular weight is 329 g/mol. The maximum atomic E-state index is 12.3. The first kappa shape index (κ1) is 16.2. The van der Waals surface area contributed by atoms with Crippen molar-refractivity contribution in [1.82, 2.24) is 15.0 Å². The van der Waals surface area contributed by atoms with E-state index in [4.69, 9.17) is 4.42 Å². The van der Waals surface area contributed by atoms with Crippen LogP contribution in [0.1, 0.15) is 22.2 Å². The van der Waals surface area contributed by atoms with Crippen molar-refractivity contribution >= 4 is 21.4 Å². The van der Waals surface area contributed by atoms with Crippen LogP contribution in [0, 0.1) is 13.8 Å². The Morgan fingerprint density at radius 1 is 1.38 bits per heavy atom. The molecular formula is C13H19N3O3S2. The normalized spacial score (nSPS) is 12.0. The topological polar surface area (TPSA) is 84.2 Å². The lowest BCUT2D eigenvalue weighted by atomic mass is 10.3. The molecule has 2 N–H and O–H groups in total. The Balaban J connectivity index is 2.01. The molecule has 0 amide bonds. The molecule has 21 heavy (non-hydrogen) atoms. The molecule has 0 saturated heterocycles. The zero-order valence-electron chi connectivity index (χ0n) is 12.3. The molecule has 0 saturated carbocycles. The van der Waals surface area contributed by atoms with Crippen LogP contribution in [0.2, 0.25) is 0 Å². The fourth-order valence-electron chi connectivity index (χ4n) is 1.97. The van der Waals surface area contributed by atoms with Gasteiger partial charge >= 0.3 is 0 Å². The lowest BCUT2D eigenvalue weighted by molar-refractivity contribution is 0.465. The Morgan fingerprint density at radius 3 is 2.76 bits per heavy atom. The minimum atomic E-state index is -3.55. The highest BCUT2D eigenvalue weighted by Gasteiger charge is 2.20. The molecule has 2 rings (SSSR count). The van der Waals surface area contributed by atoms with Gasteiger partial charge in [0.1, 0.15) is 16.4 Å². The molecule has 8 heteroatoms. The molecule has 2 aromatic rings. The number of furan rings is 1. The molecule has 2 aromatic heterocycles. The molecule has 0 aliphatic carbocycles. The van der Waals surface area contributed by atoms with Crippen molar-refractivity contribution in [3.8, 4) is 0 Å². The second-order valence-electron chi connectivity index (χ2n) is 4.67. The van der Waals surface area contributed by atoms with Gasteiger partial charge in [-0.2, -0.15) is 0 Å². The predicted octanol–water partition coefficient (Wildman–Crippen LogP) is 1.59. The van der Waals surface area contributed by atoms with Crippen LogP contribution in [-0.2, 0) is 23.0 Å². The largest absolute Gasteiger partial charge is 0.464 e. The number of aromatic nitrogens is 1. The van der Waals surface area contributed by atoms with Gasteiger partial charge in [0.15, 0.2) is 0 Å². The van der Waals surface area contributed by atoms with Crippen molar-refractivity contribution in [1.29, 1.82) is 0 Å². The van der Waals surface area contributed by atoms with Crippen LogP contribution < -0.4 is 10.0 Å². The fraction of sp³-hybridized carbons (Fsp3) is 0.462. The van der Waals surface area contributed by atoms with Gasteiger partial charge in [-0.05, 0) is 20.9 Å². The van der Waals surface area contributed by atoms with Gasteiger partial charge in [-0.3, -0.25) is 0 Å². The van der Waals surface area contributed by atoms with Crippen molar-refractivity contribution < 1.29 is 12.8 Å². The number of hydrogen-bond acceptors (Lipinski definition) is 6. The number of rotatable bonds is 7. The highest BCUT2D eigenvalue weighted by atomic mass is 32.2. The lowest BCUT2D eigenvalue weighted by Gasteiger charge is -2.04. The zero-order valence-corrected chi connectivity index (χ0v) is 13.9. The van der Waals surface area contributed by atoms with Crippen LogP contribution in [0.15, 0.2) is 20.8 Å². The smallest absolute Gasteiger partial charge is 0.244 e. The number of nitrogens with one attached hydrogen (secondary N) is 2. The molecule has 0 aliphatic rings. The van der Waals surface area contributed by atoms with Crippen molar-refractivity contribution in [2.45, 2.75) is 31.7 Å². The minimum Gasteiger partial charge on any atom is -0.464 e. The summed E-state index contributed by atoms with van der Waals surface area (Å²) >= 11 is 1.56. The first-order valence-corrected chi connectivity index (χ1v) is 8.93. The van der Waals surface area contributed by atoms with E-state index in [1.165, 1.54) is 0 Å². The molecule has 116 valence electrons. The molecule has 0 aromatic carbocycles. The molecule has 6 nitrogen and oxygen atoms in total. The quantitative estimate of drug-likeness (QED) is 0.806. The van der Waals surface area contributed by atoms with E-state index in [-0.39, 0.29) is 4.90 Å². The van der Waals surface area contributed by atoms with E-state index in [1.807, 2.05) is 12.3 Å². The molecule has 0 radical (unpaired) electrons. The van der Waals surface area contributed by atoms with Crippen molar-refractivity contribution in [3.05, 3.63) is 33.7 Å².